The molecule has 12 heteroatoms. The van der Waals surface area contributed by atoms with Crippen LogP contribution in [0.4, 0.5) is 0 Å². The van der Waals surface area contributed by atoms with Crippen molar-refractivity contribution in [3.05, 3.63) is 0 Å². The Labute approximate surface area is 99.6 Å². The van der Waals surface area contributed by atoms with E-state index in [0.29, 0.717) is 0 Å². The Morgan fingerprint density at radius 3 is 0.500 bits per heavy atom. The molecule has 0 amide bonds. The summed E-state index contributed by atoms with van der Waals surface area (Å²) in [5, 5.41) is 50.5. The minimum atomic E-state index is -2.92. The summed E-state index contributed by atoms with van der Waals surface area (Å²) in [7, 11) is -5.83. The van der Waals surface area contributed by atoms with E-state index in [0.717, 1.165) is 0 Å². The van der Waals surface area contributed by atoms with Gasteiger partial charge >= 0.3 is 49.5 Å². The number of hydrogen-bond donors (Lipinski definition) is 0. The van der Waals surface area contributed by atoms with Crippen molar-refractivity contribution < 1.29 is 85.1 Å². The molecule has 0 saturated carbocycles. The second-order valence-electron chi connectivity index (χ2n) is 0.577. The third kappa shape index (κ3) is 683. The summed E-state index contributed by atoms with van der Waals surface area (Å²) >= 11 is 0. The van der Waals surface area contributed by atoms with Crippen molar-refractivity contribution in [3.63, 3.8) is 0 Å². The number of rotatable bonds is 0. The maximum Gasteiger partial charge on any atom is 2.00 e. The Hall–Kier alpha value is 1.33. The van der Waals surface area contributed by atoms with Gasteiger partial charge in [0, 0.05) is 0 Å². The second kappa shape index (κ2) is 29.5. The van der Waals surface area contributed by atoms with E-state index in [2.05, 4.69) is 0 Å². The quantitative estimate of drug-likeness (QED) is 0.402. The Kier molecular flexibility index (Phi) is 92.6. The summed E-state index contributed by atoms with van der Waals surface area (Å²) in [6, 6.07) is 0. The van der Waals surface area contributed by atoms with E-state index in [9.17, 15) is 0 Å². The SMILES string of the molecule is O.[Ni+2].[Ni+2].[Ni+2].[O-]B([O-])[O-].[O-]B([O-])[O-]. The van der Waals surface area contributed by atoms with Crippen molar-refractivity contribution in [2.75, 3.05) is 0 Å². The Bertz CT molecular complexity index is 32.1. The summed E-state index contributed by atoms with van der Waals surface area (Å²) in [4.78, 5) is 0. The van der Waals surface area contributed by atoms with Gasteiger partial charge in [0.2, 0.25) is 0 Å². The summed E-state index contributed by atoms with van der Waals surface area (Å²) in [5.41, 5.74) is 0. The number of hydrogen-bond acceptors (Lipinski definition) is 6. The van der Waals surface area contributed by atoms with Gasteiger partial charge in [0.05, 0.1) is 0 Å². The van der Waals surface area contributed by atoms with Crippen LogP contribution in [0.25, 0.3) is 0 Å². The maximum absolute atomic E-state index is 8.42. The molecule has 0 spiro atoms. The first-order valence-corrected chi connectivity index (χ1v) is 1.41. The fraction of sp³-hybridized carbons (Fsp3) is 0. The maximum atomic E-state index is 8.42. The molecule has 0 unspecified atom stereocenters. The molecule has 0 aromatic carbocycles. The molecule has 0 aromatic heterocycles. The first-order valence-electron chi connectivity index (χ1n) is 1.41. The van der Waals surface area contributed by atoms with Gasteiger partial charge in [-0.2, -0.15) is 0 Å². The van der Waals surface area contributed by atoms with Crippen molar-refractivity contribution in [2.45, 2.75) is 0 Å². The van der Waals surface area contributed by atoms with Crippen molar-refractivity contribution in [1.29, 1.82) is 0 Å². The van der Waals surface area contributed by atoms with Crippen LogP contribution in [0.15, 0.2) is 0 Å². The van der Waals surface area contributed by atoms with E-state index in [1.165, 1.54) is 0 Å². The van der Waals surface area contributed by atoms with Crippen LogP contribution in [0.1, 0.15) is 0 Å². The molecule has 0 rings (SSSR count). The van der Waals surface area contributed by atoms with Gasteiger partial charge in [0.25, 0.3) is 0 Å². The molecular weight excluding hydrogens is 310 g/mol. The van der Waals surface area contributed by atoms with E-state index in [1.54, 1.807) is 0 Å². The molecule has 0 heterocycles. The average molecular weight is 312 g/mol. The van der Waals surface area contributed by atoms with Gasteiger partial charge in [-0.05, 0) is 0 Å². The van der Waals surface area contributed by atoms with E-state index >= 15 is 0 Å². The monoisotopic (exact) mass is 310 g/mol. The van der Waals surface area contributed by atoms with E-state index in [4.69, 9.17) is 30.1 Å². The van der Waals surface area contributed by atoms with E-state index < -0.39 is 14.6 Å². The Morgan fingerprint density at radius 1 is 0.500 bits per heavy atom. The summed E-state index contributed by atoms with van der Waals surface area (Å²) in [6.45, 7) is 0. The van der Waals surface area contributed by atoms with E-state index in [-0.39, 0.29) is 55.0 Å². The standard InChI is InChI=1S/2BO3.3Ni.H2O/c2*2-1(3)4;;;;/h;;;;;1H2/q2*-3;3*+2;. The van der Waals surface area contributed by atoms with Gasteiger partial charge in [0.15, 0.2) is 0 Å². The Balaban J connectivity index is -0.0000000112. The Morgan fingerprint density at radius 2 is 0.500 bits per heavy atom. The average Bonchev–Trinajstić information content (AvgIpc) is 1.25. The zero-order valence-corrected chi connectivity index (χ0v) is 8.02. The fourth-order valence-electron chi connectivity index (χ4n) is 0. The van der Waals surface area contributed by atoms with Crippen LogP contribution in [0, 0.1) is 0 Å². The predicted octanol–water partition coefficient (Wildman–Crippen LogP) is -8.73. The van der Waals surface area contributed by atoms with Gasteiger partial charge in [-0.1, -0.05) is 0 Å². The minimum absolute atomic E-state index is 0. The second-order valence-corrected chi connectivity index (χ2v) is 0.577. The zero-order valence-electron chi connectivity index (χ0n) is 5.05. The van der Waals surface area contributed by atoms with Crippen LogP contribution in [-0.4, -0.2) is 20.1 Å². The summed E-state index contributed by atoms with van der Waals surface area (Å²) in [6.07, 6.45) is 0. The van der Waals surface area contributed by atoms with Gasteiger partial charge in [-0.25, -0.2) is 0 Å². The van der Waals surface area contributed by atoms with Crippen molar-refractivity contribution in [3.8, 4) is 0 Å². The molecule has 0 radical (unpaired) electrons. The first kappa shape index (κ1) is 37.7. The van der Waals surface area contributed by atoms with Crippen LogP contribution < -0.4 is 30.1 Å². The molecular formula is H2B2Ni3O7. The molecule has 0 aliphatic heterocycles. The molecule has 2 N–H and O–H groups in total. The minimum Gasteiger partial charge on any atom is -0.907 e. The molecule has 0 fully saturated rings. The van der Waals surface area contributed by atoms with Gasteiger partial charge < -0.3 is 35.6 Å². The van der Waals surface area contributed by atoms with Crippen molar-refractivity contribution >= 4 is 14.6 Å². The van der Waals surface area contributed by atoms with Crippen molar-refractivity contribution in [2.24, 2.45) is 0 Å². The third-order valence-electron chi connectivity index (χ3n) is 0. The topological polar surface area (TPSA) is 170 Å². The van der Waals surface area contributed by atoms with Crippen LogP contribution >= 0.6 is 0 Å². The van der Waals surface area contributed by atoms with Gasteiger partial charge in [0.1, 0.15) is 0 Å². The molecule has 0 saturated heterocycles. The molecule has 0 atom stereocenters. The summed E-state index contributed by atoms with van der Waals surface area (Å²) < 4.78 is 0. The summed E-state index contributed by atoms with van der Waals surface area (Å²) in [5.74, 6) is 0. The fourth-order valence-corrected chi connectivity index (χ4v) is 0. The predicted molar refractivity (Wildman–Crippen MR) is 15.1 cm³/mol. The van der Waals surface area contributed by atoms with Crippen LogP contribution in [-0.2, 0) is 49.5 Å². The van der Waals surface area contributed by atoms with Crippen LogP contribution in [0.3, 0.4) is 0 Å². The molecule has 80 valence electrons. The molecule has 0 aliphatic carbocycles. The van der Waals surface area contributed by atoms with Crippen LogP contribution in [0.2, 0.25) is 0 Å². The molecule has 0 bridgehead atoms. The zero-order chi connectivity index (χ0) is 7.15. The largest absolute Gasteiger partial charge is 2.00 e. The van der Waals surface area contributed by atoms with Gasteiger partial charge in [-0.3, -0.25) is 14.6 Å². The normalized spacial score (nSPS) is 4.50. The molecule has 7 nitrogen and oxygen atoms in total. The molecule has 12 heavy (non-hydrogen) atoms. The first-order chi connectivity index (χ1) is 3.46. The van der Waals surface area contributed by atoms with Crippen LogP contribution in [0.5, 0.6) is 0 Å². The van der Waals surface area contributed by atoms with E-state index in [1.807, 2.05) is 0 Å². The van der Waals surface area contributed by atoms with Crippen molar-refractivity contribution in [1.82, 2.24) is 0 Å². The molecule has 0 aromatic rings. The molecule has 0 aliphatic rings. The smallest absolute Gasteiger partial charge is 0.907 e. The third-order valence-corrected chi connectivity index (χ3v) is 0. The van der Waals surface area contributed by atoms with Gasteiger partial charge in [-0.15, -0.1) is 0 Å².